The molecule has 1 aliphatic rings. The van der Waals surface area contributed by atoms with E-state index in [-0.39, 0.29) is 18.5 Å². The average Bonchev–Trinajstić information content (AvgIpc) is 3.62. The lowest BCUT2D eigenvalue weighted by Crippen LogP contribution is -2.42. The van der Waals surface area contributed by atoms with E-state index in [0.29, 0.717) is 41.5 Å². The quantitative estimate of drug-likeness (QED) is 0.351. The predicted molar refractivity (Wildman–Crippen MR) is 139 cm³/mol. The molecule has 0 aliphatic carbocycles. The third-order valence-corrected chi connectivity index (χ3v) is 9.55. The van der Waals surface area contributed by atoms with E-state index < -0.39 is 10.0 Å². The number of carbonyl (C=O) groups is 1. The number of hydrogen-bond donors (Lipinski definition) is 2. The molecule has 0 atom stereocenters. The van der Waals surface area contributed by atoms with Gasteiger partial charge >= 0.3 is 0 Å². The fourth-order valence-corrected chi connectivity index (χ4v) is 7.09. The molecule has 8 nitrogen and oxygen atoms in total. The summed E-state index contributed by atoms with van der Waals surface area (Å²) < 4.78 is 33.7. The SMILES string of the molecule is O=C(NCc1ccc(S(=O)(=O)N2CCC(Nc3cccc(-c4cnco4)c3)CC2)s1)c1ccccc1. The topological polar surface area (TPSA) is 105 Å². The third kappa shape index (κ3) is 5.51. The number of rotatable bonds is 8. The van der Waals surface area contributed by atoms with Crippen molar-refractivity contribution in [1.29, 1.82) is 0 Å². The van der Waals surface area contributed by atoms with Crippen LogP contribution in [0.5, 0.6) is 0 Å². The highest BCUT2D eigenvalue weighted by atomic mass is 32.2. The molecule has 1 saturated heterocycles. The Hall–Kier alpha value is -3.47. The molecule has 36 heavy (non-hydrogen) atoms. The van der Waals surface area contributed by atoms with E-state index in [1.165, 1.54) is 17.7 Å². The maximum absolute atomic E-state index is 13.2. The van der Waals surface area contributed by atoms with Crippen LogP contribution in [-0.2, 0) is 16.6 Å². The van der Waals surface area contributed by atoms with Gasteiger partial charge in [-0.15, -0.1) is 11.3 Å². The van der Waals surface area contributed by atoms with Gasteiger partial charge in [0, 0.05) is 40.8 Å². The van der Waals surface area contributed by atoms with E-state index in [0.717, 1.165) is 16.1 Å². The number of piperidine rings is 1. The normalized spacial score (nSPS) is 15.0. The zero-order valence-electron chi connectivity index (χ0n) is 19.5. The van der Waals surface area contributed by atoms with Crippen LogP contribution >= 0.6 is 11.3 Å². The number of thiophene rings is 1. The lowest BCUT2D eigenvalue weighted by Gasteiger charge is -2.31. The molecule has 1 fully saturated rings. The van der Waals surface area contributed by atoms with Gasteiger partial charge in [0.2, 0.25) is 0 Å². The van der Waals surface area contributed by atoms with Gasteiger partial charge < -0.3 is 15.1 Å². The molecule has 3 heterocycles. The summed E-state index contributed by atoms with van der Waals surface area (Å²) in [5, 5.41) is 6.37. The van der Waals surface area contributed by atoms with Crippen molar-refractivity contribution >= 4 is 33.0 Å². The van der Waals surface area contributed by atoms with Crippen molar-refractivity contribution in [3.8, 4) is 11.3 Å². The molecule has 5 rings (SSSR count). The largest absolute Gasteiger partial charge is 0.444 e. The number of sulfonamides is 1. The molecule has 0 radical (unpaired) electrons. The van der Waals surface area contributed by atoms with Crippen LogP contribution in [0.3, 0.4) is 0 Å². The lowest BCUT2D eigenvalue weighted by atomic mass is 10.1. The molecule has 2 aromatic heterocycles. The zero-order valence-corrected chi connectivity index (χ0v) is 21.1. The number of benzene rings is 2. The second-order valence-electron chi connectivity index (χ2n) is 8.54. The second kappa shape index (κ2) is 10.7. The molecule has 186 valence electrons. The maximum Gasteiger partial charge on any atom is 0.252 e. The molecule has 2 aromatic carbocycles. The first-order valence-corrected chi connectivity index (χ1v) is 13.9. The van der Waals surface area contributed by atoms with Gasteiger partial charge in [-0.25, -0.2) is 13.4 Å². The van der Waals surface area contributed by atoms with Gasteiger partial charge in [-0.05, 0) is 49.2 Å². The molecule has 0 bridgehead atoms. The summed E-state index contributed by atoms with van der Waals surface area (Å²) in [6, 6.07) is 20.4. The van der Waals surface area contributed by atoms with Crippen LogP contribution in [0.4, 0.5) is 5.69 Å². The van der Waals surface area contributed by atoms with Crippen LogP contribution in [0.1, 0.15) is 28.1 Å². The summed E-state index contributed by atoms with van der Waals surface area (Å²) in [7, 11) is -3.57. The Morgan fingerprint density at radius 1 is 1.06 bits per heavy atom. The minimum absolute atomic E-state index is 0.175. The summed E-state index contributed by atoms with van der Waals surface area (Å²) in [5.41, 5.74) is 2.47. The van der Waals surface area contributed by atoms with Crippen LogP contribution in [-0.4, -0.2) is 42.7 Å². The number of oxazole rings is 1. The molecule has 4 aromatic rings. The van der Waals surface area contributed by atoms with Crippen LogP contribution in [0, 0.1) is 0 Å². The van der Waals surface area contributed by atoms with E-state index in [1.807, 2.05) is 30.3 Å². The highest BCUT2D eigenvalue weighted by Gasteiger charge is 2.30. The Morgan fingerprint density at radius 3 is 2.61 bits per heavy atom. The maximum atomic E-state index is 13.2. The molecule has 1 amide bonds. The summed E-state index contributed by atoms with van der Waals surface area (Å²) in [6.07, 6.45) is 4.49. The first-order chi connectivity index (χ1) is 17.5. The Bertz CT molecular complexity index is 1410. The number of aromatic nitrogens is 1. The number of nitrogens with one attached hydrogen (secondary N) is 2. The van der Waals surface area contributed by atoms with E-state index in [1.54, 1.807) is 46.9 Å². The van der Waals surface area contributed by atoms with E-state index >= 15 is 0 Å². The van der Waals surface area contributed by atoms with Crippen LogP contribution in [0.15, 0.2) is 87.9 Å². The van der Waals surface area contributed by atoms with Crippen LogP contribution in [0.25, 0.3) is 11.3 Å². The molecular weight excluding hydrogens is 496 g/mol. The standard InChI is InChI=1S/C26H26N4O4S2/c31-26(19-5-2-1-3-6-19)28-16-23-9-10-25(35-23)36(32,33)30-13-11-21(12-14-30)29-22-8-4-7-20(15-22)24-17-27-18-34-24/h1-10,15,17-18,21,29H,11-14,16H2,(H,28,31). The fourth-order valence-electron chi connectivity index (χ4n) is 4.17. The van der Waals surface area contributed by atoms with Gasteiger partial charge in [-0.2, -0.15) is 4.31 Å². The molecule has 1 aliphatic heterocycles. The average molecular weight is 523 g/mol. The van der Waals surface area contributed by atoms with Crippen molar-refractivity contribution < 1.29 is 17.6 Å². The molecule has 0 saturated carbocycles. The first-order valence-electron chi connectivity index (χ1n) is 11.7. The smallest absolute Gasteiger partial charge is 0.252 e. The number of hydrogen-bond acceptors (Lipinski definition) is 7. The van der Waals surface area contributed by atoms with Crippen molar-refractivity contribution in [1.82, 2.24) is 14.6 Å². The van der Waals surface area contributed by atoms with Gasteiger partial charge in [0.15, 0.2) is 12.2 Å². The number of carbonyl (C=O) groups excluding carboxylic acids is 1. The van der Waals surface area contributed by atoms with E-state index in [2.05, 4.69) is 15.6 Å². The molecule has 2 N–H and O–H groups in total. The van der Waals surface area contributed by atoms with Gasteiger partial charge in [0.25, 0.3) is 15.9 Å². The van der Waals surface area contributed by atoms with E-state index in [4.69, 9.17) is 4.42 Å². The van der Waals surface area contributed by atoms with Crippen molar-refractivity contribution in [3.05, 3.63) is 89.8 Å². The summed E-state index contributed by atoms with van der Waals surface area (Å²) in [4.78, 5) is 17.0. The Balaban J connectivity index is 1.15. The van der Waals surface area contributed by atoms with Gasteiger partial charge in [-0.1, -0.05) is 30.3 Å². The van der Waals surface area contributed by atoms with Crippen molar-refractivity contribution in [2.75, 3.05) is 18.4 Å². The highest BCUT2D eigenvalue weighted by Crippen LogP contribution is 2.29. The fraction of sp³-hybridized carbons (Fsp3) is 0.231. The number of amides is 1. The van der Waals surface area contributed by atoms with Gasteiger partial charge in [0.05, 0.1) is 12.7 Å². The lowest BCUT2D eigenvalue weighted by molar-refractivity contribution is 0.0951. The van der Waals surface area contributed by atoms with Crippen molar-refractivity contribution in [2.45, 2.75) is 29.6 Å². The van der Waals surface area contributed by atoms with E-state index in [9.17, 15) is 13.2 Å². The molecule has 0 unspecified atom stereocenters. The first kappa shape index (κ1) is 24.2. The van der Waals surface area contributed by atoms with Crippen molar-refractivity contribution in [2.24, 2.45) is 0 Å². The molecule has 0 spiro atoms. The number of nitrogens with zero attached hydrogens (tertiary/aromatic N) is 2. The summed E-state index contributed by atoms with van der Waals surface area (Å²) in [6.45, 7) is 1.17. The summed E-state index contributed by atoms with van der Waals surface area (Å²) >= 11 is 1.20. The van der Waals surface area contributed by atoms with Crippen LogP contribution < -0.4 is 10.6 Å². The van der Waals surface area contributed by atoms with Crippen LogP contribution in [0.2, 0.25) is 0 Å². The predicted octanol–water partition coefficient (Wildman–Crippen LogP) is 4.60. The minimum atomic E-state index is -3.57. The van der Waals surface area contributed by atoms with Crippen molar-refractivity contribution in [3.63, 3.8) is 0 Å². The zero-order chi connectivity index (χ0) is 25.0. The van der Waals surface area contributed by atoms with Gasteiger partial charge in [0.1, 0.15) is 4.21 Å². The third-order valence-electron chi connectivity index (χ3n) is 6.09. The Labute approximate surface area is 214 Å². The Kier molecular flexibility index (Phi) is 7.17. The number of anilines is 1. The Morgan fingerprint density at radius 2 is 1.86 bits per heavy atom. The summed E-state index contributed by atoms with van der Waals surface area (Å²) in [5.74, 6) is 0.517. The van der Waals surface area contributed by atoms with Gasteiger partial charge in [-0.3, -0.25) is 4.79 Å². The minimum Gasteiger partial charge on any atom is -0.444 e. The molecular formula is C26H26N4O4S2. The monoisotopic (exact) mass is 522 g/mol. The second-order valence-corrected chi connectivity index (χ2v) is 11.9. The highest BCUT2D eigenvalue weighted by molar-refractivity contribution is 7.91. The molecule has 10 heteroatoms.